The number of carbonyl (C=O) groups excluding carboxylic acids is 2. The van der Waals surface area contributed by atoms with Gasteiger partial charge in [-0.2, -0.15) is 0 Å². The summed E-state index contributed by atoms with van der Waals surface area (Å²) in [5.41, 5.74) is -2.46. The second-order valence-corrected chi connectivity index (χ2v) is 10.7. The Hall–Kier alpha value is -1.28. The molecule has 2 spiro atoms. The lowest BCUT2D eigenvalue weighted by Gasteiger charge is -2.74. The van der Waals surface area contributed by atoms with E-state index < -0.39 is 58.1 Å². The van der Waals surface area contributed by atoms with Crippen molar-refractivity contribution < 1.29 is 34.4 Å². The van der Waals surface area contributed by atoms with Gasteiger partial charge in [-0.05, 0) is 42.6 Å². The van der Waals surface area contributed by atoms with Gasteiger partial charge >= 0.3 is 5.97 Å². The molecule has 4 bridgehead atoms. The predicted octanol–water partition coefficient (Wildman–Crippen LogP) is 0.946. The van der Waals surface area contributed by atoms with Gasteiger partial charge in [-0.25, -0.2) is 0 Å². The van der Waals surface area contributed by atoms with E-state index in [4.69, 9.17) is 9.47 Å². The Bertz CT molecular complexity index is 820. The van der Waals surface area contributed by atoms with Crippen LogP contribution >= 0.6 is 0 Å². The van der Waals surface area contributed by atoms with E-state index in [1.807, 2.05) is 13.8 Å². The van der Waals surface area contributed by atoms with Crippen molar-refractivity contribution in [2.45, 2.75) is 70.6 Å². The summed E-state index contributed by atoms with van der Waals surface area (Å²) in [5.74, 6) is -4.25. The first-order valence-electron chi connectivity index (χ1n) is 10.6. The molecule has 6 aliphatic rings. The average Bonchev–Trinajstić information content (AvgIpc) is 2.82. The Balaban J connectivity index is 1.80. The number of aliphatic hydroxyl groups is 3. The highest BCUT2D eigenvalue weighted by atomic mass is 16.6. The highest BCUT2D eigenvalue weighted by Crippen LogP contribution is 2.76. The summed E-state index contributed by atoms with van der Waals surface area (Å²) in [7, 11) is 0. The molecule has 2 saturated heterocycles. The van der Waals surface area contributed by atoms with Gasteiger partial charge in [0.1, 0.15) is 12.2 Å². The van der Waals surface area contributed by atoms with Crippen LogP contribution in [0.4, 0.5) is 0 Å². The van der Waals surface area contributed by atoms with Crippen LogP contribution in [0.5, 0.6) is 0 Å². The molecule has 0 aromatic rings. The zero-order valence-electron chi connectivity index (χ0n) is 17.2. The Morgan fingerprint density at radius 3 is 2.62 bits per heavy atom. The fraction of sp³-hybridized carbons (Fsp3) is 0.818. The lowest BCUT2D eigenvalue weighted by molar-refractivity contribution is -0.455. The van der Waals surface area contributed by atoms with Crippen molar-refractivity contribution in [2.75, 3.05) is 6.61 Å². The molecule has 0 aromatic carbocycles. The second-order valence-electron chi connectivity index (χ2n) is 10.7. The van der Waals surface area contributed by atoms with Crippen LogP contribution in [0.15, 0.2) is 12.2 Å². The van der Waals surface area contributed by atoms with Crippen LogP contribution in [0.25, 0.3) is 0 Å². The van der Waals surface area contributed by atoms with Crippen molar-refractivity contribution in [2.24, 2.45) is 34.0 Å². The largest absolute Gasteiger partial charge is 0.462 e. The van der Waals surface area contributed by atoms with Crippen LogP contribution < -0.4 is 0 Å². The maximum absolute atomic E-state index is 13.6. The molecule has 3 N–H and O–H groups in total. The number of carbonyl (C=O) groups is 2. The van der Waals surface area contributed by atoms with Crippen LogP contribution in [0, 0.1) is 34.0 Å². The molecule has 0 aromatic heterocycles. The molecule has 0 unspecified atom stereocenters. The van der Waals surface area contributed by atoms with Crippen molar-refractivity contribution in [3.63, 3.8) is 0 Å². The molecule has 6 rings (SSSR count). The molecule has 29 heavy (non-hydrogen) atoms. The smallest absolute Gasteiger partial charge is 0.302 e. The summed E-state index contributed by atoms with van der Waals surface area (Å²) >= 11 is 0. The molecule has 0 amide bonds. The van der Waals surface area contributed by atoms with Crippen molar-refractivity contribution >= 4 is 11.8 Å². The van der Waals surface area contributed by atoms with E-state index in [1.165, 1.54) is 6.92 Å². The van der Waals surface area contributed by atoms with Gasteiger partial charge in [0.25, 0.3) is 0 Å². The summed E-state index contributed by atoms with van der Waals surface area (Å²) in [6, 6.07) is 0. The van der Waals surface area contributed by atoms with Gasteiger partial charge in [0.15, 0.2) is 5.78 Å². The Morgan fingerprint density at radius 1 is 1.28 bits per heavy atom. The van der Waals surface area contributed by atoms with Crippen molar-refractivity contribution in [3.8, 4) is 0 Å². The first kappa shape index (κ1) is 19.7. The second kappa shape index (κ2) is 5.49. The molecule has 4 saturated carbocycles. The molecular formula is C22H30O7. The fourth-order valence-corrected chi connectivity index (χ4v) is 8.17. The lowest BCUT2D eigenvalue weighted by Crippen LogP contribution is -2.85. The minimum absolute atomic E-state index is 0.0183. The third-order valence-corrected chi connectivity index (χ3v) is 9.08. The number of hydrogen-bond acceptors (Lipinski definition) is 7. The highest BCUT2D eigenvalue weighted by Gasteiger charge is 2.86. The SMILES string of the molecule is C=C1C(=O)[C@]23C[C@H]1C[C@H](OC(C)=O)[C@H]2[C@@]12CO[C@]3(O)[C@@H](O)[C@@H]1C(C)(C)CC[C@@H]2O. The van der Waals surface area contributed by atoms with Gasteiger partial charge in [-0.3, -0.25) is 9.59 Å². The number of allylic oxidation sites excluding steroid dienone is 1. The molecule has 2 aliphatic heterocycles. The van der Waals surface area contributed by atoms with Gasteiger partial charge in [-0.1, -0.05) is 20.4 Å². The maximum atomic E-state index is 13.6. The van der Waals surface area contributed by atoms with E-state index >= 15 is 0 Å². The van der Waals surface area contributed by atoms with Crippen LogP contribution in [-0.4, -0.2) is 57.8 Å². The summed E-state index contributed by atoms with van der Waals surface area (Å²) in [5, 5.41) is 34.6. The number of ketones is 1. The Morgan fingerprint density at radius 2 is 1.97 bits per heavy atom. The van der Waals surface area contributed by atoms with E-state index in [2.05, 4.69) is 6.58 Å². The minimum atomic E-state index is -2.09. The summed E-state index contributed by atoms with van der Waals surface area (Å²) in [6.45, 7) is 9.36. The van der Waals surface area contributed by atoms with Crippen LogP contribution in [-0.2, 0) is 19.1 Å². The van der Waals surface area contributed by atoms with Gasteiger partial charge in [0.2, 0.25) is 5.79 Å². The Labute approximate surface area is 170 Å². The molecule has 0 radical (unpaired) electrons. The number of fused-ring (bicyclic) bond motifs is 2. The summed E-state index contributed by atoms with van der Waals surface area (Å²) in [6.07, 6.45) is -0.914. The topological polar surface area (TPSA) is 113 Å². The van der Waals surface area contributed by atoms with Gasteiger partial charge in [-0.15, -0.1) is 0 Å². The normalized spacial score (nSPS) is 54.7. The molecule has 6 fully saturated rings. The number of aliphatic hydroxyl groups excluding tert-OH is 2. The third kappa shape index (κ3) is 1.94. The molecule has 2 heterocycles. The number of ether oxygens (including phenoxy) is 2. The number of Topliss-reactive ketones (excluding diaryl/α,β-unsaturated/α-hetero) is 1. The third-order valence-electron chi connectivity index (χ3n) is 9.08. The van der Waals surface area contributed by atoms with Crippen molar-refractivity contribution in [3.05, 3.63) is 12.2 Å². The summed E-state index contributed by atoms with van der Waals surface area (Å²) < 4.78 is 11.6. The first-order chi connectivity index (χ1) is 13.4. The number of esters is 1. The molecule has 7 heteroatoms. The average molecular weight is 406 g/mol. The zero-order valence-corrected chi connectivity index (χ0v) is 17.2. The molecular weight excluding hydrogens is 376 g/mol. The van der Waals surface area contributed by atoms with E-state index in [0.717, 1.165) is 0 Å². The van der Waals surface area contributed by atoms with Crippen LogP contribution in [0.1, 0.15) is 46.5 Å². The van der Waals surface area contributed by atoms with E-state index in [9.17, 15) is 24.9 Å². The zero-order chi connectivity index (χ0) is 21.1. The lowest BCUT2D eigenvalue weighted by atomic mass is 9.35. The van der Waals surface area contributed by atoms with Crippen LogP contribution in [0.2, 0.25) is 0 Å². The molecule has 4 aliphatic carbocycles. The molecule has 160 valence electrons. The number of hydrogen-bond donors (Lipinski definition) is 3. The quantitative estimate of drug-likeness (QED) is 0.439. The number of rotatable bonds is 1. The fourth-order valence-electron chi connectivity index (χ4n) is 8.17. The Kier molecular flexibility index (Phi) is 3.73. The van der Waals surface area contributed by atoms with Gasteiger partial charge in [0, 0.05) is 24.2 Å². The van der Waals surface area contributed by atoms with Gasteiger partial charge < -0.3 is 24.8 Å². The van der Waals surface area contributed by atoms with Crippen molar-refractivity contribution in [1.29, 1.82) is 0 Å². The van der Waals surface area contributed by atoms with E-state index in [0.29, 0.717) is 31.3 Å². The maximum Gasteiger partial charge on any atom is 0.302 e. The molecule has 9 atom stereocenters. The molecule has 7 nitrogen and oxygen atoms in total. The van der Waals surface area contributed by atoms with Gasteiger partial charge in [0.05, 0.1) is 18.1 Å². The predicted molar refractivity (Wildman–Crippen MR) is 100 cm³/mol. The van der Waals surface area contributed by atoms with Crippen molar-refractivity contribution in [1.82, 2.24) is 0 Å². The highest BCUT2D eigenvalue weighted by molar-refractivity contribution is 6.04. The standard InChI is InChI=1S/C22H30O7/c1-10-12-7-13(29-11(2)23)15-20-9-28-22(27,21(15,8-12)17(10)25)18(26)16(20)19(3,4)6-5-14(20)24/h12-16,18,24,26-27H,1,5-9H2,2-4H3/t12-,13+,14+,15+,16-,18+,20+,21+,22-/m1/s1. The van der Waals surface area contributed by atoms with E-state index in [1.54, 1.807) is 0 Å². The van der Waals surface area contributed by atoms with E-state index in [-0.39, 0.29) is 18.3 Å². The first-order valence-corrected chi connectivity index (χ1v) is 10.6. The monoisotopic (exact) mass is 406 g/mol. The summed E-state index contributed by atoms with van der Waals surface area (Å²) in [4.78, 5) is 25.5. The van der Waals surface area contributed by atoms with Crippen LogP contribution in [0.3, 0.4) is 0 Å². The minimum Gasteiger partial charge on any atom is -0.462 e.